The van der Waals surface area contributed by atoms with Gasteiger partial charge >= 0.3 is 11.7 Å². The first kappa shape index (κ1) is 21.7. The third-order valence-corrected chi connectivity index (χ3v) is 3.96. The molecule has 154 valence electrons. The van der Waals surface area contributed by atoms with Crippen molar-refractivity contribution in [1.29, 1.82) is 0 Å². The number of anilines is 1. The number of amides is 1. The molecule has 0 atom stereocenters. The number of nitrogens with one attached hydrogen (secondary N) is 1. The molecule has 2 aromatic rings. The van der Waals surface area contributed by atoms with Crippen molar-refractivity contribution >= 4 is 23.3 Å². The van der Waals surface area contributed by atoms with Gasteiger partial charge in [0.2, 0.25) is 0 Å². The number of hydrogen-bond acceptors (Lipinski definition) is 7. The molecule has 9 nitrogen and oxygen atoms in total. The van der Waals surface area contributed by atoms with Gasteiger partial charge in [-0.05, 0) is 31.5 Å². The van der Waals surface area contributed by atoms with E-state index in [-0.39, 0.29) is 24.5 Å². The van der Waals surface area contributed by atoms with Gasteiger partial charge < -0.3 is 19.5 Å². The largest absolute Gasteiger partial charge is 0.493 e. The van der Waals surface area contributed by atoms with Crippen LogP contribution in [0.4, 0.5) is 11.4 Å². The SMILES string of the molecule is COc1cc(NC(=O)COC(=O)CCOc2ccc(C)cc2)c(C)cc1[N+](=O)[O-]. The van der Waals surface area contributed by atoms with Crippen LogP contribution in [0, 0.1) is 24.0 Å². The molecule has 0 spiro atoms. The highest BCUT2D eigenvalue weighted by Crippen LogP contribution is 2.32. The smallest absolute Gasteiger partial charge is 0.311 e. The number of nitro benzene ring substituents is 1. The molecule has 0 bridgehead atoms. The molecule has 0 aliphatic carbocycles. The van der Waals surface area contributed by atoms with Gasteiger partial charge in [-0.25, -0.2) is 0 Å². The lowest BCUT2D eigenvalue weighted by Crippen LogP contribution is -2.22. The van der Waals surface area contributed by atoms with Crippen LogP contribution in [0.3, 0.4) is 0 Å². The molecule has 0 aliphatic rings. The quantitative estimate of drug-likeness (QED) is 0.389. The monoisotopic (exact) mass is 402 g/mol. The Bertz CT molecular complexity index is 894. The number of methoxy groups -OCH3 is 1. The number of aryl methyl sites for hydroxylation is 2. The maximum Gasteiger partial charge on any atom is 0.311 e. The van der Waals surface area contributed by atoms with Gasteiger partial charge in [-0.1, -0.05) is 17.7 Å². The predicted octanol–water partition coefficient (Wildman–Crippen LogP) is 3.17. The number of esters is 1. The first-order valence-corrected chi connectivity index (χ1v) is 8.78. The molecule has 0 unspecified atom stereocenters. The molecule has 9 heteroatoms. The van der Waals surface area contributed by atoms with Crippen molar-refractivity contribution in [2.75, 3.05) is 25.6 Å². The fraction of sp³-hybridized carbons (Fsp3) is 0.300. The molecule has 0 heterocycles. The normalized spacial score (nSPS) is 10.2. The van der Waals surface area contributed by atoms with E-state index in [4.69, 9.17) is 14.2 Å². The van der Waals surface area contributed by atoms with Crippen LogP contribution in [0.5, 0.6) is 11.5 Å². The molecule has 2 rings (SSSR count). The zero-order valence-corrected chi connectivity index (χ0v) is 16.4. The standard InChI is InChI=1S/C20H22N2O7/c1-13-4-6-15(7-5-13)28-9-8-20(24)29-12-19(23)21-16-11-18(27-3)17(22(25)26)10-14(16)2/h4-7,10-11H,8-9,12H2,1-3H3,(H,21,23). The number of hydrogen-bond donors (Lipinski definition) is 1. The summed E-state index contributed by atoms with van der Waals surface area (Å²) < 4.78 is 15.3. The minimum atomic E-state index is -0.578. The molecular weight excluding hydrogens is 380 g/mol. The van der Waals surface area contributed by atoms with Crippen molar-refractivity contribution in [2.24, 2.45) is 0 Å². The first-order chi connectivity index (χ1) is 13.8. The van der Waals surface area contributed by atoms with Crippen molar-refractivity contribution in [1.82, 2.24) is 0 Å². The maximum absolute atomic E-state index is 12.0. The van der Waals surface area contributed by atoms with Crippen molar-refractivity contribution in [3.05, 3.63) is 57.6 Å². The van der Waals surface area contributed by atoms with Crippen LogP contribution < -0.4 is 14.8 Å². The minimum absolute atomic E-state index is 0.00839. The summed E-state index contributed by atoms with van der Waals surface area (Å²) in [5.41, 5.74) is 1.70. The molecule has 0 aliphatic heterocycles. The summed E-state index contributed by atoms with van der Waals surface area (Å²) in [7, 11) is 1.30. The third kappa shape index (κ3) is 6.49. The van der Waals surface area contributed by atoms with Crippen molar-refractivity contribution in [2.45, 2.75) is 20.3 Å². The molecule has 0 aromatic heterocycles. The number of nitrogens with zero attached hydrogens (tertiary/aromatic N) is 1. The van der Waals surface area contributed by atoms with E-state index < -0.39 is 23.4 Å². The molecule has 0 radical (unpaired) electrons. The molecule has 0 fully saturated rings. The lowest BCUT2D eigenvalue weighted by Gasteiger charge is -2.11. The van der Waals surface area contributed by atoms with Gasteiger partial charge in [0.1, 0.15) is 5.75 Å². The highest BCUT2D eigenvalue weighted by molar-refractivity contribution is 5.94. The lowest BCUT2D eigenvalue weighted by molar-refractivity contribution is -0.385. The van der Waals surface area contributed by atoms with Crippen molar-refractivity contribution in [3.63, 3.8) is 0 Å². The van der Waals surface area contributed by atoms with Crippen molar-refractivity contribution in [3.8, 4) is 11.5 Å². The molecule has 2 aromatic carbocycles. The molecule has 0 saturated heterocycles. The van der Waals surface area contributed by atoms with Crippen LogP contribution >= 0.6 is 0 Å². The summed E-state index contributed by atoms with van der Waals surface area (Å²) in [6, 6.07) is 10.0. The summed E-state index contributed by atoms with van der Waals surface area (Å²) >= 11 is 0. The fourth-order valence-electron chi connectivity index (χ4n) is 2.40. The zero-order chi connectivity index (χ0) is 21.4. The average Bonchev–Trinajstić information content (AvgIpc) is 2.69. The summed E-state index contributed by atoms with van der Waals surface area (Å²) in [6.45, 7) is 3.21. The van der Waals surface area contributed by atoms with Crippen molar-refractivity contribution < 1.29 is 28.7 Å². The molecule has 0 saturated carbocycles. The summed E-state index contributed by atoms with van der Waals surface area (Å²) in [4.78, 5) is 34.2. The molecule has 29 heavy (non-hydrogen) atoms. The maximum atomic E-state index is 12.0. The zero-order valence-electron chi connectivity index (χ0n) is 16.4. The average molecular weight is 402 g/mol. The van der Waals surface area contributed by atoms with Gasteiger partial charge in [-0.15, -0.1) is 0 Å². The van der Waals surface area contributed by atoms with Crippen LogP contribution in [0.15, 0.2) is 36.4 Å². The third-order valence-electron chi connectivity index (χ3n) is 3.96. The number of ether oxygens (including phenoxy) is 3. The van der Waals surface area contributed by atoms with Crippen LogP contribution in [0.2, 0.25) is 0 Å². The molecule has 1 N–H and O–H groups in total. The molecular formula is C20H22N2O7. The van der Waals surface area contributed by atoms with E-state index >= 15 is 0 Å². The Morgan fingerprint density at radius 3 is 2.45 bits per heavy atom. The Hall–Kier alpha value is -3.62. The number of nitro groups is 1. The van der Waals surface area contributed by atoms with Gasteiger partial charge in [0.15, 0.2) is 12.4 Å². The highest BCUT2D eigenvalue weighted by atomic mass is 16.6. The Morgan fingerprint density at radius 2 is 1.83 bits per heavy atom. The topological polar surface area (TPSA) is 117 Å². The van der Waals surface area contributed by atoms with Gasteiger partial charge in [-0.3, -0.25) is 19.7 Å². The second-order valence-electron chi connectivity index (χ2n) is 6.22. The lowest BCUT2D eigenvalue weighted by atomic mass is 10.1. The number of rotatable bonds is 9. The van der Waals surface area contributed by atoms with E-state index in [2.05, 4.69) is 5.32 Å². The first-order valence-electron chi connectivity index (χ1n) is 8.78. The van der Waals surface area contributed by atoms with Gasteiger partial charge in [0.05, 0.1) is 25.1 Å². The van der Waals surface area contributed by atoms with Gasteiger partial charge in [0.25, 0.3) is 5.91 Å². The van der Waals surface area contributed by atoms with Crippen LogP contribution in [-0.2, 0) is 14.3 Å². The Balaban J connectivity index is 1.81. The summed E-state index contributed by atoms with van der Waals surface area (Å²) in [5, 5.41) is 13.5. The highest BCUT2D eigenvalue weighted by Gasteiger charge is 2.18. The van der Waals surface area contributed by atoms with Crippen LogP contribution in [0.1, 0.15) is 17.5 Å². The summed E-state index contributed by atoms with van der Waals surface area (Å²) in [6.07, 6.45) is -0.00839. The van der Waals surface area contributed by atoms with E-state index in [0.717, 1.165) is 5.56 Å². The van der Waals surface area contributed by atoms with Gasteiger partial charge in [-0.2, -0.15) is 0 Å². The van der Waals surface area contributed by atoms with E-state index in [1.165, 1.54) is 19.2 Å². The fourth-order valence-corrected chi connectivity index (χ4v) is 2.40. The molecule has 1 amide bonds. The van der Waals surface area contributed by atoms with Crippen LogP contribution in [-0.4, -0.2) is 37.1 Å². The second kappa shape index (κ2) is 10.1. The number of carbonyl (C=O) groups excluding carboxylic acids is 2. The van der Waals surface area contributed by atoms with Crippen LogP contribution in [0.25, 0.3) is 0 Å². The second-order valence-corrected chi connectivity index (χ2v) is 6.22. The predicted molar refractivity (Wildman–Crippen MR) is 105 cm³/mol. The van der Waals surface area contributed by atoms with Gasteiger partial charge in [0, 0.05) is 17.8 Å². The van der Waals surface area contributed by atoms with E-state index in [1.807, 2.05) is 19.1 Å². The Morgan fingerprint density at radius 1 is 1.14 bits per heavy atom. The Kier molecular flexibility index (Phi) is 7.53. The number of benzene rings is 2. The summed E-state index contributed by atoms with van der Waals surface area (Å²) in [5.74, 6) is -0.494. The minimum Gasteiger partial charge on any atom is -0.493 e. The number of carbonyl (C=O) groups is 2. The Labute approximate surface area is 167 Å². The van der Waals surface area contributed by atoms with E-state index in [9.17, 15) is 19.7 Å². The van der Waals surface area contributed by atoms with E-state index in [0.29, 0.717) is 17.0 Å². The van der Waals surface area contributed by atoms with E-state index in [1.54, 1.807) is 19.1 Å².